The summed E-state index contributed by atoms with van der Waals surface area (Å²) in [4.78, 5) is 16.5. The summed E-state index contributed by atoms with van der Waals surface area (Å²) in [5.41, 5.74) is 9.55. The van der Waals surface area contributed by atoms with Crippen molar-refractivity contribution >= 4 is 47.4 Å². The Kier molecular flexibility index (Phi) is 8.42. The minimum atomic E-state index is -0.278. The summed E-state index contributed by atoms with van der Waals surface area (Å²) in [6, 6.07) is 10.5. The fraction of sp³-hybridized carbons (Fsp3) is 0.300. The molecule has 0 saturated carbocycles. The number of halogens is 3. The summed E-state index contributed by atoms with van der Waals surface area (Å²) >= 11 is 0. The summed E-state index contributed by atoms with van der Waals surface area (Å²) in [7, 11) is 0. The number of amides is 1. The molecule has 1 aromatic heterocycles. The summed E-state index contributed by atoms with van der Waals surface area (Å²) in [6.45, 7) is 6.34. The minimum Gasteiger partial charge on any atom is -0.330 e. The molecule has 1 amide bonds. The molecule has 1 heterocycles. The van der Waals surface area contributed by atoms with Crippen LogP contribution in [0.1, 0.15) is 31.9 Å². The van der Waals surface area contributed by atoms with Crippen LogP contribution in [0.3, 0.4) is 0 Å². The number of carbonyl (C=O) groups excluding carboxylic acids is 1. The van der Waals surface area contributed by atoms with Crippen molar-refractivity contribution in [3.8, 4) is 11.4 Å². The lowest BCUT2D eigenvalue weighted by molar-refractivity contribution is -0.116. The van der Waals surface area contributed by atoms with Crippen molar-refractivity contribution in [2.75, 3.05) is 11.9 Å². The Morgan fingerprint density at radius 1 is 1.21 bits per heavy atom. The maximum Gasteiger partial charge on any atom is 0.225 e. The smallest absolute Gasteiger partial charge is 0.225 e. The van der Waals surface area contributed by atoms with E-state index in [0.29, 0.717) is 6.54 Å². The van der Waals surface area contributed by atoms with Crippen LogP contribution in [0.15, 0.2) is 36.4 Å². The Hall–Kier alpha value is -2.15. The average Bonchev–Trinajstić information content (AvgIpc) is 2.95. The number of nitrogens with one attached hydrogen (secondary N) is 1. The lowest BCUT2D eigenvalue weighted by Gasteiger charge is -2.15. The molecule has 0 radical (unpaired) electrons. The Labute approximate surface area is 176 Å². The lowest BCUT2D eigenvalue weighted by atomic mass is 10.1. The topological polar surface area (TPSA) is 72.9 Å². The number of aryl methyl sites for hydroxylation is 1. The molecule has 0 spiro atoms. The van der Waals surface area contributed by atoms with Crippen molar-refractivity contribution in [3.05, 3.63) is 47.8 Å². The van der Waals surface area contributed by atoms with E-state index in [1.807, 2.05) is 43.5 Å². The van der Waals surface area contributed by atoms with Crippen LogP contribution in [-0.2, 0) is 4.79 Å². The van der Waals surface area contributed by atoms with Crippen molar-refractivity contribution in [1.29, 1.82) is 0 Å². The van der Waals surface area contributed by atoms with Crippen LogP contribution in [0.5, 0.6) is 0 Å². The summed E-state index contributed by atoms with van der Waals surface area (Å²) < 4.78 is 15.7. The molecule has 0 bridgehead atoms. The van der Waals surface area contributed by atoms with Crippen LogP contribution >= 0.6 is 24.8 Å². The third-order valence-corrected chi connectivity index (χ3v) is 4.30. The number of nitrogens with two attached hydrogens (primary N) is 1. The minimum absolute atomic E-state index is 0. The molecule has 8 heteroatoms. The molecule has 0 aliphatic heterocycles. The molecule has 3 aromatic rings. The van der Waals surface area contributed by atoms with Gasteiger partial charge in [0.2, 0.25) is 5.91 Å². The quantitative estimate of drug-likeness (QED) is 0.611. The lowest BCUT2D eigenvalue weighted by Crippen LogP contribution is -2.16. The molecule has 0 aliphatic rings. The highest BCUT2D eigenvalue weighted by atomic mass is 35.5. The Balaban J connectivity index is 0.00000196. The number of rotatable bonds is 5. The largest absolute Gasteiger partial charge is 0.330 e. The van der Waals surface area contributed by atoms with E-state index in [1.165, 1.54) is 12.1 Å². The van der Waals surface area contributed by atoms with Crippen LogP contribution in [-0.4, -0.2) is 22.0 Å². The van der Waals surface area contributed by atoms with Crippen LogP contribution < -0.4 is 11.1 Å². The van der Waals surface area contributed by atoms with Crippen molar-refractivity contribution in [3.63, 3.8) is 0 Å². The second kappa shape index (κ2) is 9.87. The first kappa shape index (κ1) is 23.9. The summed E-state index contributed by atoms with van der Waals surface area (Å²) in [5, 5.41) is 2.87. The standard InChI is InChI=1S/C20H23FN4O.2ClH/c1-12(2)25-18-11-15(21)5-7-17(18)24-20(25)14-4-6-16(13(3)10-14)23-19(26)8-9-22;;/h4-7,10-12H,8-9,22H2,1-3H3,(H,23,26);2*1H. The number of nitrogens with zero attached hydrogens (tertiary/aromatic N) is 2. The zero-order valence-electron chi connectivity index (χ0n) is 16.0. The van der Waals surface area contributed by atoms with E-state index in [2.05, 4.69) is 5.32 Å². The average molecular weight is 427 g/mol. The molecule has 0 aliphatic carbocycles. The van der Waals surface area contributed by atoms with Gasteiger partial charge in [-0.25, -0.2) is 9.37 Å². The number of imidazole rings is 1. The zero-order valence-corrected chi connectivity index (χ0v) is 17.7. The van der Waals surface area contributed by atoms with Gasteiger partial charge >= 0.3 is 0 Å². The van der Waals surface area contributed by atoms with Crippen molar-refractivity contribution < 1.29 is 9.18 Å². The number of hydrogen-bond donors (Lipinski definition) is 2. The third-order valence-electron chi connectivity index (χ3n) is 4.30. The highest BCUT2D eigenvalue weighted by Gasteiger charge is 2.16. The summed E-state index contributed by atoms with van der Waals surface area (Å²) in [6.07, 6.45) is 0.288. The van der Waals surface area contributed by atoms with E-state index < -0.39 is 0 Å². The molecule has 0 saturated heterocycles. The monoisotopic (exact) mass is 426 g/mol. The van der Waals surface area contributed by atoms with E-state index in [-0.39, 0.29) is 49.0 Å². The van der Waals surface area contributed by atoms with Gasteiger partial charge in [0.25, 0.3) is 0 Å². The van der Waals surface area contributed by atoms with Gasteiger partial charge in [0.1, 0.15) is 11.6 Å². The second-order valence-corrected chi connectivity index (χ2v) is 6.65. The Morgan fingerprint density at radius 3 is 2.54 bits per heavy atom. The molecule has 3 N–H and O–H groups in total. The van der Waals surface area contributed by atoms with Gasteiger partial charge in [-0.2, -0.15) is 0 Å². The predicted octanol–water partition coefficient (Wildman–Crippen LogP) is 4.86. The Bertz CT molecular complexity index is 972. The molecular weight excluding hydrogens is 402 g/mol. The zero-order chi connectivity index (χ0) is 18.8. The predicted molar refractivity (Wildman–Crippen MR) is 117 cm³/mol. The molecule has 0 fully saturated rings. The molecule has 2 aromatic carbocycles. The van der Waals surface area contributed by atoms with Crippen molar-refractivity contribution in [2.24, 2.45) is 5.73 Å². The number of anilines is 1. The van der Waals surface area contributed by atoms with Gasteiger partial charge in [-0.15, -0.1) is 24.8 Å². The fourth-order valence-electron chi connectivity index (χ4n) is 3.08. The summed E-state index contributed by atoms with van der Waals surface area (Å²) in [5.74, 6) is 0.400. The molecule has 0 atom stereocenters. The first-order chi connectivity index (χ1) is 12.4. The van der Waals surface area contributed by atoms with Gasteiger partial charge in [0.15, 0.2) is 0 Å². The van der Waals surface area contributed by atoms with Gasteiger partial charge in [-0.1, -0.05) is 0 Å². The van der Waals surface area contributed by atoms with E-state index >= 15 is 0 Å². The number of aromatic nitrogens is 2. The maximum atomic E-state index is 13.7. The molecular formula is C20H25Cl2FN4O. The van der Waals surface area contributed by atoms with Gasteiger partial charge in [0, 0.05) is 30.3 Å². The first-order valence-electron chi connectivity index (χ1n) is 8.69. The molecule has 0 unspecified atom stereocenters. The van der Waals surface area contributed by atoms with E-state index in [9.17, 15) is 9.18 Å². The molecule has 28 heavy (non-hydrogen) atoms. The number of hydrogen-bond acceptors (Lipinski definition) is 3. The second-order valence-electron chi connectivity index (χ2n) is 6.65. The number of benzene rings is 2. The van der Waals surface area contributed by atoms with Crippen molar-refractivity contribution in [2.45, 2.75) is 33.2 Å². The SMILES string of the molecule is Cc1cc(-c2nc3ccc(F)cc3n2C(C)C)ccc1NC(=O)CCN.Cl.Cl. The van der Waals surface area contributed by atoms with Gasteiger partial charge in [-0.3, -0.25) is 4.79 Å². The number of fused-ring (bicyclic) bond motifs is 1. The van der Waals surface area contributed by atoms with Crippen LogP contribution in [0.4, 0.5) is 10.1 Å². The highest BCUT2D eigenvalue weighted by Crippen LogP contribution is 2.31. The van der Waals surface area contributed by atoms with Crippen LogP contribution in [0.25, 0.3) is 22.4 Å². The third kappa shape index (κ3) is 4.82. The van der Waals surface area contributed by atoms with Crippen molar-refractivity contribution in [1.82, 2.24) is 9.55 Å². The molecule has 3 rings (SSSR count). The number of carbonyl (C=O) groups is 1. The van der Waals surface area contributed by atoms with Gasteiger partial charge in [0.05, 0.1) is 11.0 Å². The van der Waals surface area contributed by atoms with E-state index in [1.54, 1.807) is 6.07 Å². The first-order valence-corrected chi connectivity index (χ1v) is 8.69. The van der Waals surface area contributed by atoms with Crippen LogP contribution in [0, 0.1) is 12.7 Å². The molecule has 5 nitrogen and oxygen atoms in total. The maximum absolute atomic E-state index is 13.7. The molecule has 152 valence electrons. The van der Waals surface area contributed by atoms with Gasteiger partial charge in [-0.05, 0) is 62.7 Å². The normalized spacial score (nSPS) is 10.5. The van der Waals surface area contributed by atoms with E-state index in [0.717, 1.165) is 33.7 Å². The van der Waals surface area contributed by atoms with Gasteiger partial charge < -0.3 is 15.6 Å². The van der Waals surface area contributed by atoms with Crippen LogP contribution in [0.2, 0.25) is 0 Å². The Morgan fingerprint density at radius 2 is 1.93 bits per heavy atom. The fourth-order valence-corrected chi connectivity index (χ4v) is 3.08. The highest BCUT2D eigenvalue weighted by molar-refractivity contribution is 5.92. The van der Waals surface area contributed by atoms with E-state index in [4.69, 9.17) is 10.7 Å².